The van der Waals surface area contributed by atoms with Gasteiger partial charge < -0.3 is 9.64 Å². The number of anilines is 1. The van der Waals surface area contributed by atoms with Gasteiger partial charge in [0.1, 0.15) is 17.4 Å². The lowest BCUT2D eigenvalue weighted by Crippen LogP contribution is -2.46. The zero-order valence-corrected chi connectivity index (χ0v) is 24.2. The average molecular weight is 589 g/mol. The van der Waals surface area contributed by atoms with Crippen molar-refractivity contribution in [3.05, 3.63) is 94.3 Å². The summed E-state index contributed by atoms with van der Waals surface area (Å²) in [5, 5.41) is 12.6. The van der Waals surface area contributed by atoms with Crippen LogP contribution in [0, 0.1) is 11.6 Å². The van der Waals surface area contributed by atoms with Crippen LogP contribution in [0.1, 0.15) is 52.1 Å². The number of amides is 2. The van der Waals surface area contributed by atoms with Crippen molar-refractivity contribution in [2.45, 2.75) is 38.6 Å². The van der Waals surface area contributed by atoms with Gasteiger partial charge >= 0.3 is 0 Å². The minimum absolute atomic E-state index is 0.0612. The second-order valence-electron chi connectivity index (χ2n) is 10.5. The Labute approximate surface area is 246 Å². The van der Waals surface area contributed by atoms with Crippen molar-refractivity contribution in [1.82, 2.24) is 24.9 Å². The van der Waals surface area contributed by atoms with Crippen molar-refractivity contribution in [3.8, 4) is 11.6 Å². The molecule has 3 heterocycles. The molecule has 2 aromatic heterocycles. The Hall–Kier alpha value is -4.84. The molecule has 1 aliphatic heterocycles. The first-order valence-corrected chi connectivity index (χ1v) is 13.7. The molecule has 1 unspecified atom stereocenters. The molecule has 0 bridgehead atoms. The highest BCUT2D eigenvalue weighted by atomic mass is 19.1. The van der Waals surface area contributed by atoms with Crippen LogP contribution >= 0.6 is 0 Å². The molecular weight excluding hydrogens is 558 g/mol. The molecule has 0 aliphatic carbocycles. The first-order valence-electron chi connectivity index (χ1n) is 13.7. The molecule has 0 saturated carbocycles. The third-order valence-electron chi connectivity index (χ3n) is 7.25. The molecule has 4 aromatic rings. The summed E-state index contributed by atoms with van der Waals surface area (Å²) in [6.07, 6.45) is 0.335. The minimum atomic E-state index is -1.22. The quantitative estimate of drug-likeness (QED) is 0.255. The highest BCUT2D eigenvalue weighted by molar-refractivity contribution is 6.26. The number of halogens is 2. The number of carbonyl (C=O) groups excluding carboxylic acids is 3. The normalized spacial score (nSPS) is 14.8. The van der Waals surface area contributed by atoms with E-state index in [4.69, 9.17) is 9.84 Å². The van der Waals surface area contributed by atoms with Crippen molar-refractivity contribution in [1.29, 1.82) is 0 Å². The molecule has 1 aliphatic rings. The molecule has 1 atom stereocenters. The maximum atomic E-state index is 14.8. The number of imide groups is 1. The fourth-order valence-corrected chi connectivity index (χ4v) is 5.07. The van der Waals surface area contributed by atoms with Gasteiger partial charge in [-0.25, -0.2) is 18.4 Å². The van der Waals surface area contributed by atoms with Crippen LogP contribution in [0.4, 0.5) is 14.6 Å². The van der Waals surface area contributed by atoms with Gasteiger partial charge in [0.15, 0.2) is 5.82 Å². The van der Waals surface area contributed by atoms with Gasteiger partial charge in [-0.1, -0.05) is 25.1 Å². The number of hydrogen-bond acceptors (Lipinski definition) is 8. The number of rotatable bonds is 10. The van der Waals surface area contributed by atoms with Gasteiger partial charge in [0.25, 0.3) is 5.91 Å². The lowest BCUT2D eigenvalue weighted by molar-refractivity contribution is -0.120. The number of benzene rings is 2. The van der Waals surface area contributed by atoms with Gasteiger partial charge in [-0.15, -0.1) is 10.2 Å². The topological polar surface area (TPSA) is 111 Å². The number of fused-ring (bicyclic) bond motifs is 1. The summed E-state index contributed by atoms with van der Waals surface area (Å²) < 4.78 is 36.3. The summed E-state index contributed by atoms with van der Waals surface area (Å²) >= 11 is 0. The molecule has 43 heavy (non-hydrogen) atoms. The highest BCUT2D eigenvalue weighted by Crippen LogP contribution is 2.37. The second-order valence-corrected chi connectivity index (χ2v) is 10.5. The zero-order valence-electron chi connectivity index (χ0n) is 24.2. The van der Waals surface area contributed by atoms with Crippen LogP contribution in [0.3, 0.4) is 0 Å². The predicted molar refractivity (Wildman–Crippen MR) is 153 cm³/mol. The fraction of sp³-hybridized carbons (Fsp3) is 0.290. The lowest BCUT2D eigenvalue weighted by atomic mass is 9.87. The number of ketones is 1. The van der Waals surface area contributed by atoms with Gasteiger partial charge in [-0.05, 0) is 56.4 Å². The number of methoxy groups -OCH3 is 1. The van der Waals surface area contributed by atoms with E-state index in [1.54, 1.807) is 35.9 Å². The van der Waals surface area contributed by atoms with Crippen molar-refractivity contribution < 1.29 is 27.9 Å². The molecule has 10 nitrogen and oxygen atoms in total. The minimum Gasteiger partial charge on any atom is -0.480 e. The largest absolute Gasteiger partial charge is 0.480 e. The van der Waals surface area contributed by atoms with Crippen molar-refractivity contribution >= 4 is 23.4 Å². The van der Waals surface area contributed by atoms with Crippen molar-refractivity contribution in [2.24, 2.45) is 0 Å². The van der Waals surface area contributed by atoms with Crippen LogP contribution in [-0.2, 0) is 29.0 Å². The lowest BCUT2D eigenvalue weighted by Gasteiger charge is -2.29. The zero-order chi connectivity index (χ0) is 30.8. The monoisotopic (exact) mass is 588 g/mol. The van der Waals surface area contributed by atoms with Gasteiger partial charge in [0.2, 0.25) is 11.8 Å². The van der Waals surface area contributed by atoms with E-state index in [9.17, 15) is 23.2 Å². The molecule has 0 spiro atoms. The first kappa shape index (κ1) is 29.6. The summed E-state index contributed by atoms with van der Waals surface area (Å²) in [4.78, 5) is 42.8. The molecule has 0 saturated heterocycles. The number of Topliss-reactive ketones (excluding diaryl/α,β-unsaturated/α-hetero) is 1. The van der Waals surface area contributed by atoms with E-state index in [0.717, 1.165) is 22.6 Å². The van der Waals surface area contributed by atoms with Crippen molar-refractivity contribution in [2.75, 3.05) is 26.1 Å². The number of carbonyl (C=O) groups is 3. The van der Waals surface area contributed by atoms with E-state index in [-0.39, 0.29) is 53.7 Å². The molecule has 2 aromatic carbocycles. The maximum absolute atomic E-state index is 14.8. The second kappa shape index (κ2) is 12.2. The highest BCUT2D eigenvalue weighted by Gasteiger charge is 2.45. The van der Waals surface area contributed by atoms with Gasteiger partial charge in [0, 0.05) is 31.0 Å². The Morgan fingerprint density at radius 2 is 1.70 bits per heavy atom. The van der Waals surface area contributed by atoms with Crippen molar-refractivity contribution in [3.63, 3.8) is 0 Å². The molecule has 0 N–H and O–H groups in total. The summed E-state index contributed by atoms with van der Waals surface area (Å²) in [5.41, 5.74) is 1.84. The van der Waals surface area contributed by atoms with Crippen LogP contribution in [0.15, 0.2) is 54.6 Å². The molecule has 0 fully saturated rings. The third kappa shape index (κ3) is 5.78. The molecule has 12 heteroatoms. The smallest absolute Gasteiger partial charge is 0.270 e. The summed E-state index contributed by atoms with van der Waals surface area (Å²) in [6, 6.07) is 13.5. The van der Waals surface area contributed by atoms with Crippen LogP contribution in [0.5, 0.6) is 5.88 Å². The number of hydrogen-bond donors (Lipinski definition) is 0. The SMILES string of the molecule is CCC(=O)Cc1ccc(-n2nc3c(c2CN(C)C)C(=O)N(c2ccc(OC)nn2)C(=O)C3Cc2c(F)cccc2F)cc1. The Kier molecular flexibility index (Phi) is 8.40. The Balaban J connectivity index is 1.69. The first-order chi connectivity index (χ1) is 20.6. The molecule has 2 amide bonds. The van der Waals surface area contributed by atoms with E-state index in [2.05, 4.69) is 10.2 Å². The van der Waals surface area contributed by atoms with E-state index < -0.39 is 29.4 Å². The third-order valence-corrected chi connectivity index (χ3v) is 7.25. The van der Waals surface area contributed by atoms with Crippen LogP contribution in [-0.4, -0.2) is 63.7 Å². The molecule has 0 radical (unpaired) electrons. The summed E-state index contributed by atoms with van der Waals surface area (Å²) in [6.45, 7) is 2.06. The summed E-state index contributed by atoms with van der Waals surface area (Å²) in [7, 11) is 5.05. The van der Waals surface area contributed by atoms with Gasteiger partial charge in [-0.2, -0.15) is 5.10 Å². The van der Waals surface area contributed by atoms with E-state index in [1.807, 2.05) is 19.0 Å². The Bertz CT molecular complexity index is 1670. The van der Waals surface area contributed by atoms with Crippen LogP contribution < -0.4 is 9.64 Å². The van der Waals surface area contributed by atoms with Crippen LogP contribution in [0.25, 0.3) is 5.69 Å². The average Bonchev–Trinajstić information content (AvgIpc) is 3.35. The van der Waals surface area contributed by atoms with Gasteiger partial charge in [-0.3, -0.25) is 14.4 Å². The number of nitrogens with zero attached hydrogens (tertiary/aromatic N) is 6. The van der Waals surface area contributed by atoms with E-state index >= 15 is 0 Å². The Morgan fingerprint density at radius 1 is 1.00 bits per heavy atom. The maximum Gasteiger partial charge on any atom is 0.270 e. The molecular formula is C31H30F2N6O4. The van der Waals surface area contributed by atoms with E-state index in [1.165, 1.54) is 25.3 Å². The standard InChI is InChI=1S/C31H30F2N6O4/c1-5-20(40)15-18-9-11-19(12-10-18)39-25(17-37(2)3)28-29(36-39)22(16-21-23(32)7-6-8-24(21)33)30(41)38(31(28)42)26-13-14-27(43-4)35-34-26/h6-14,22H,5,15-17H2,1-4H3. The Morgan fingerprint density at radius 3 is 2.28 bits per heavy atom. The van der Waals surface area contributed by atoms with Gasteiger partial charge in [0.05, 0.1) is 35.7 Å². The molecule has 5 rings (SSSR count). The number of ether oxygens (including phenoxy) is 1. The fourth-order valence-electron chi connectivity index (χ4n) is 5.07. The van der Waals surface area contributed by atoms with E-state index in [0.29, 0.717) is 17.8 Å². The molecule has 222 valence electrons. The predicted octanol–water partition coefficient (Wildman–Crippen LogP) is 4.05. The number of aromatic nitrogens is 4. The van der Waals surface area contributed by atoms with Crippen LogP contribution in [0.2, 0.25) is 0 Å². The summed E-state index contributed by atoms with van der Waals surface area (Å²) in [5.74, 6) is -4.05.